The second kappa shape index (κ2) is 12.6. The summed E-state index contributed by atoms with van der Waals surface area (Å²) in [7, 11) is -4.17. The third kappa shape index (κ3) is 6.96. The van der Waals surface area contributed by atoms with E-state index in [1.165, 1.54) is 23.1 Å². The number of benzene rings is 3. The van der Waals surface area contributed by atoms with Gasteiger partial charge in [0.2, 0.25) is 11.8 Å². The molecular formula is C26H26Cl3N3O4S. The Morgan fingerprint density at radius 1 is 0.919 bits per heavy atom. The molecule has 2 amide bonds. The van der Waals surface area contributed by atoms with Gasteiger partial charge in [-0.15, -0.1) is 0 Å². The fourth-order valence-corrected chi connectivity index (χ4v) is 5.77. The highest BCUT2D eigenvalue weighted by molar-refractivity contribution is 7.92. The Hall–Kier alpha value is -2.78. The number of carbonyl (C=O) groups is 2. The Balaban J connectivity index is 2.06. The molecule has 0 heterocycles. The molecule has 0 unspecified atom stereocenters. The van der Waals surface area contributed by atoms with E-state index in [1.54, 1.807) is 68.4 Å². The minimum atomic E-state index is -4.17. The number of hydrogen-bond donors (Lipinski definition) is 1. The number of hydrogen-bond acceptors (Lipinski definition) is 4. The molecule has 0 bridgehead atoms. The molecule has 3 aromatic carbocycles. The number of likely N-dealkylation sites (N-methyl/N-ethyl adjacent to an activating group) is 1. The van der Waals surface area contributed by atoms with Crippen LogP contribution in [0.4, 0.5) is 5.69 Å². The van der Waals surface area contributed by atoms with E-state index in [4.69, 9.17) is 34.8 Å². The van der Waals surface area contributed by atoms with Gasteiger partial charge < -0.3 is 10.2 Å². The maximum atomic E-state index is 13.8. The van der Waals surface area contributed by atoms with Gasteiger partial charge in [-0.1, -0.05) is 65.1 Å². The zero-order chi connectivity index (χ0) is 27.2. The second-order valence-electron chi connectivity index (χ2n) is 8.10. The number of halogens is 3. The van der Waals surface area contributed by atoms with Crippen LogP contribution in [0, 0.1) is 0 Å². The summed E-state index contributed by atoms with van der Waals surface area (Å²) < 4.78 is 28.3. The van der Waals surface area contributed by atoms with Crippen LogP contribution >= 0.6 is 34.8 Å². The first kappa shape index (κ1) is 28.8. The predicted molar refractivity (Wildman–Crippen MR) is 148 cm³/mol. The lowest BCUT2D eigenvalue weighted by molar-refractivity contribution is -0.139. The Kier molecular flexibility index (Phi) is 9.84. The number of carbonyl (C=O) groups excluding carboxylic acids is 2. The first-order valence-corrected chi connectivity index (χ1v) is 14.0. The van der Waals surface area contributed by atoms with Gasteiger partial charge in [0, 0.05) is 33.7 Å². The minimum absolute atomic E-state index is 0.000230. The van der Waals surface area contributed by atoms with E-state index < -0.39 is 34.4 Å². The molecule has 0 radical (unpaired) electrons. The van der Waals surface area contributed by atoms with Gasteiger partial charge in [0.25, 0.3) is 10.0 Å². The highest BCUT2D eigenvalue weighted by atomic mass is 35.5. The van der Waals surface area contributed by atoms with Crippen molar-refractivity contribution >= 4 is 62.3 Å². The van der Waals surface area contributed by atoms with Crippen molar-refractivity contribution in [1.29, 1.82) is 0 Å². The standard InChI is InChI=1S/C26H26Cl3N3O4S/c1-3-30-26(34)18(2)31(16-22-23(28)13-8-14-24(22)29)25(33)17-32(20-10-7-9-19(27)15-20)37(35,36)21-11-5-4-6-12-21/h4-15,18H,3,16-17H2,1-2H3,(H,30,34)/t18-/m0/s1. The lowest BCUT2D eigenvalue weighted by Crippen LogP contribution is -2.51. The van der Waals surface area contributed by atoms with Crippen LogP contribution in [0.1, 0.15) is 19.4 Å². The Morgan fingerprint density at radius 2 is 1.54 bits per heavy atom. The van der Waals surface area contributed by atoms with Crippen molar-refractivity contribution in [3.8, 4) is 0 Å². The molecule has 0 fully saturated rings. The summed E-state index contributed by atoms with van der Waals surface area (Å²) in [5, 5.41) is 3.63. The number of nitrogens with one attached hydrogen (secondary N) is 1. The summed E-state index contributed by atoms with van der Waals surface area (Å²) in [5.74, 6) is -1.03. The lowest BCUT2D eigenvalue weighted by Gasteiger charge is -2.32. The molecule has 0 aromatic heterocycles. The van der Waals surface area contributed by atoms with Crippen LogP contribution in [0.5, 0.6) is 0 Å². The van der Waals surface area contributed by atoms with Crippen molar-refractivity contribution in [3.63, 3.8) is 0 Å². The van der Waals surface area contributed by atoms with Gasteiger partial charge in [0.05, 0.1) is 10.6 Å². The molecule has 0 aliphatic heterocycles. The number of nitrogens with zero attached hydrogens (tertiary/aromatic N) is 2. The molecule has 37 heavy (non-hydrogen) atoms. The maximum absolute atomic E-state index is 13.8. The molecular weight excluding hydrogens is 557 g/mol. The molecule has 1 atom stereocenters. The smallest absolute Gasteiger partial charge is 0.264 e. The maximum Gasteiger partial charge on any atom is 0.264 e. The van der Waals surface area contributed by atoms with Crippen LogP contribution in [0.25, 0.3) is 0 Å². The van der Waals surface area contributed by atoms with Crippen LogP contribution < -0.4 is 9.62 Å². The molecule has 3 rings (SSSR count). The summed E-state index contributed by atoms with van der Waals surface area (Å²) >= 11 is 18.9. The third-order valence-corrected chi connectivity index (χ3v) is 8.35. The van der Waals surface area contributed by atoms with Gasteiger partial charge in [0.15, 0.2) is 0 Å². The van der Waals surface area contributed by atoms with Gasteiger partial charge in [-0.05, 0) is 56.3 Å². The van der Waals surface area contributed by atoms with Crippen molar-refractivity contribution in [3.05, 3.63) is 93.4 Å². The average Bonchev–Trinajstić information content (AvgIpc) is 2.87. The molecule has 0 aliphatic carbocycles. The fraction of sp³-hybridized carbons (Fsp3) is 0.231. The van der Waals surface area contributed by atoms with Crippen LogP contribution in [-0.4, -0.2) is 44.3 Å². The van der Waals surface area contributed by atoms with Gasteiger partial charge in [-0.25, -0.2) is 8.42 Å². The number of amides is 2. The van der Waals surface area contributed by atoms with E-state index in [9.17, 15) is 18.0 Å². The van der Waals surface area contributed by atoms with E-state index in [-0.39, 0.29) is 17.1 Å². The quantitative estimate of drug-likeness (QED) is 0.347. The molecule has 0 spiro atoms. The highest BCUT2D eigenvalue weighted by Gasteiger charge is 2.33. The van der Waals surface area contributed by atoms with Gasteiger partial charge >= 0.3 is 0 Å². The second-order valence-corrected chi connectivity index (χ2v) is 11.2. The van der Waals surface area contributed by atoms with E-state index >= 15 is 0 Å². The number of rotatable bonds is 10. The van der Waals surface area contributed by atoms with Gasteiger partial charge in [0.1, 0.15) is 12.6 Å². The zero-order valence-electron chi connectivity index (χ0n) is 20.2. The average molecular weight is 583 g/mol. The van der Waals surface area contributed by atoms with Crippen LogP contribution in [0.15, 0.2) is 77.7 Å². The fourth-order valence-electron chi connectivity index (χ4n) is 3.64. The van der Waals surface area contributed by atoms with Crippen LogP contribution in [0.2, 0.25) is 15.1 Å². The summed E-state index contributed by atoms with van der Waals surface area (Å²) in [4.78, 5) is 27.8. The predicted octanol–water partition coefficient (Wildman–Crippen LogP) is 5.40. The number of sulfonamides is 1. The lowest BCUT2D eigenvalue weighted by atomic mass is 10.1. The summed E-state index contributed by atoms with van der Waals surface area (Å²) in [5.41, 5.74) is 0.640. The highest BCUT2D eigenvalue weighted by Crippen LogP contribution is 2.29. The first-order chi connectivity index (χ1) is 17.6. The van der Waals surface area contributed by atoms with Crippen molar-refractivity contribution in [2.75, 3.05) is 17.4 Å². The third-order valence-electron chi connectivity index (χ3n) is 5.61. The van der Waals surface area contributed by atoms with Crippen molar-refractivity contribution in [1.82, 2.24) is 10.2 Å². The molecule has 7 nitrogen and oxygen atoms in total. The Bertz CT molecular complexity index is 1350. The van der Waals surface area contributed by atoms with Gasteiger partial charge in [-0.3, -0.25) is 13.9 Å². The van der Waals surface area contributed by atoms with E-state index in [0.717, 1.165) is 4.31 Å². The molecule has 0 aliphatic rings. The molecule has 3 aromatic rings. The van der Waals surface area contributed by atoms with E-state index in [1.807, 2.05) is 0 Å². The molecule has 0 saturated carbocycles. The molecule has 196 valence electrons. The minimum Gasteiger partial charge on any atom is -0.355 e. The summed E-state index contributed by atoms with van der Waals surface area (Å²) in [6, 6.07) is 17.9. The van der Waals surface area contributed by atoms with E-state index in [0.29, 0.717) is 27.2 Å². The molecule has 1 N–H and O–H groups in total. The van der Waals surface area contributed by atoms with Crippen molar-refractivity contribution < 1.29 is 18.0 Å². The van der Waals surface area contributed by atoms with Crippen LogP contribution in [0.3, 0.4) is 0 Å². The topological polar surface area (TPSA) is 86.8 Å². The number of anilines is 1. The largest absolute Gasteiger partial charge is 0.355 e. The van der Waals surface area contributed by atoms with E-state index in [2.05, 4.69) is 5.32 Å². The van der Waals surface area contributed by atoms with Crippen LogP contribution in [-0.2, 0) is 26.2 Å². The Morgan fingerprint density at radius 3 is 2.14 bits per heavy atom. The normalized spacial score (nSPS) is 12.0. The van der Waals surface area contributed by atoms with Crippen molar-refractivity contribution in [2.45, 2.75) is 31.3 Å². The summed E-state index contributed by atoms with van der Waals surface area (Å²) in [6.07, 6.45) is 0. The Labute approximate surface area is 232 Å². The zero-order valence-corrected chi connectivity index (χ0v) is 23.3. The summed E-state index contributed by atoms with van der Waals surface area (Å²) in [6.45, 7) is 2.97. The van der Waals surface area contributed by atoms with Crippen molar-refractivity contribution in [2.24, 2.45) is 0 Å². The monoisotopic (exact) mass is 581 g/mol. The molecule has 0 saturated heterocycles. The SMILES string of the molecule is CCNC(=O)[C@H](C)N(Cc1c(Cl)cccc1Cl)C(=O)CN(c1cccc(Cl)c1)S(=O)(=O)c1ccccc1. The first-order valence-electron chi connectivity index (χ1n) is 11.4. The van der Waals surface area contributed by atoms with Gasteiger partial charge in [-0.2, -0.15) is 0 Å². The molecule has 11 heteroatoms.